The standard InChI is InChI=1S/C30H34N2O5S/c1-3-38-28(35)37-32-16-18-4-6-19(7-5-18)24-15-29(2)25(12-13-30(29)17-31-27(34)36-30)23-10-8-20-14-21(33)9-11-22(20)26(23)24/h4-7,14,16,23-25H,3,8-13,15,17H2,1-2H3,(H,31,34)/b32-16+/t23-,24+,25-,29-,30+/m0/s1. The predicted octanol–water partition coefficient (Wildman–Crippen LogP) is 6.29. The second-order valence-corrected chi connectivity index (χ2v) is 12.6. The van der Waals surface area contributed by atoms with Crippen molar-refractivity contribution in [3.8, 4) is 0 Å². The first kappa shape index (κ1) is 25.4. The minimum atomic E-state index is -0.463. The van der Waals surface area contributed by atoms with Crippen LogP contribution in [0.1, 0.15) is 75.8 Å². The molecule has 7 nitrogen and oxygen atoms in total. The maximum atomic E-state index is 12.3. The maximum absolute atomic E-state index is 12.3. The lowest BCUT2D eigenvalue weighted by Gasteiger charge is -2.54. The second kappa shape index (κ2) is 9.70. The summed E-state index contributed by atoms with van der Waals surface area (Å²) in [7, 11) is 0. The Balaban J connectivity index is 1.37. The number of carbonyl (C=O) groups excluding carboxylic acids is 3. The highest BCUT2D eigenvalue weighted by Crippen LogP contribution is 2.68. The second-order valence-electron chi connectivity index (χ2n) is 11.4. The van der Waals surface area contributed by atoms with Crippen LogP contribution in [0.4, 0.5) is 9.59 Å². The Morgan fingerprint density at radius 2 is 2.03 bits per heavy atom. The molecule has 3 fully saturated rings. The third kappa shape index (κ3) is 4.12. The highest BCUT2D eigenvalue weighted by atomic mass is 32.2. The van der Waals surface area contributed by atoms with Crippen LogP contribution < -0.4 is 5.32 Å². The van der Waals surface area contributed by atoms with Crippen molar-refractivity contribution in [2.75, 3.05) is 12.3 Å². The molecule has 200 valence electrons. The fraction of sp³-hybridized carbons (Fsp3) is 0.533. The molecule has 0 unspecified atom stereocenters. The molecule has 2 saturated carbocycles. The predicted molar refractivity (Wildman–Crippen MR) is 146 cm³/mol. The molecule has 0 bridgehead atoms. The molecule has 1 N–H and O–H groups in total. The van der Waals surface area contributed by atoms with E-state index in [1.807, 2.05) is 25.1 Å². The summed E-state index contributed by atoms with van der Waals surface area (Å²) < 4.78 is 6.08. The first-order valence-corrected chi connectivity index (χ1v) is 14.7. The first-order valence-electron chi connectivity index (χ1n) is 13.7. The van der Waals surface area contributed by atoms with Crippen LogP contribution in [0.5, 0.6) is 0 Å². The summed E-state index contributed by atoms with van der Waals surface area (Å²) in [6.45, 7) is 4.81. The van der Waals surface area contributed by atoms with Gasteiger partial charge in [0.25, 0.3) is 0 Å². The normalized spacial score (nSPS) is 33.9. The Morgan fingerprint density at radius 1 is 1.21 bits per heavy atom. The van der Waals surface area contributed by atoms with Crippen molar-refractivity contribution in [3.63, 3.8) is 0 Å². The number of hydrogen-bond donors (Lipinski definition) is 1. The molecule has 0 aromatic heterocycles. The van der Waals surface area contributed by atoms with E-state index in [1.54, 1.807) is 6.21 Å². The maximum Gasteiger partial charge on any atom is 0.407 e. The molecule has 8 heteroatoms. The number of amides is 1. The molecule has 1 aliphatic heterocycles. The number of nitrogens with zero attached hydrogens (tertiary/aromatic N) is 1. The van der Waals surface area contributed by atoms with E-state index < -0.39 is 10.9 Å². The van der Waals surface area contributed by atoms with Gasteiger partial charge >= 0.3 is 11.4 Å². The average Bonchev–Trinajstić information content (AvgIpc) is 3.43. The lowest BCUT2D eigenvalue weighted by atomic mass is 9.51. The number of oxime groups is 1. The summed E-state index contributed by atoms with van der Waals surface area (Å²) in [5, 5.41) is 6.39. The number of thioether (sulfide) groups is 1. The van der Waals surface area contributed by atoms with Gasteiger partial charge in [0, 0.05) is 23.5 Å². The van der Waals surface area contributed by atoms with Crippen LogP contribution >= 0.6 is 11.8 Å². The van der Waals surface area contributed by atoms with Crippen LogP contribution in [-0.4, -0.2) is 41.3 Å². The third-order valence-electron chi connectivity index (χ3n) is 9.76. The zero-order chi connectivity index (χ0) is 26.5. The fourth-order valence-corrected chi connectivity index (χ4v) is 8.38. The van der Waals surface area contributed by atoms with Gasteiger partial charge in [-0.3, -0.25) is 4.79 Å². The third-order valence-corrected chi connectivity index (χ3v) is 10.4. The van der Waals surface area contributed by atoms with E-state index in [4.69, 9.17) is 9.57 Å². The monoisotopic (exact) mass is 534 g/mol. The number of benzene rings is 1. The van der Waals surface area contributed by atoms with E-state index in [-0.39, 0.29) is 23.2 Å². The molecular formula is C30H34N2O5S. The van der Waals surface area contributed by atoms with Gasteiger partial charge < -0.3 is 14.9 Å². The van der Waals surface area contributed by atoms with Crippen LogP contribution in [0.15, 0.2) is 52.2 Å². The van der Waals surface area contributed by atoms with E-state index in [1.165, 1.54) is 22.3 Å². The van der Waals surface area contributed by atoms with Crippen LogP contribution in [0.3, 0.4) is 0 Å². The summed E-state index contributed by atoms with van der Waals surface area (Å²) in [4.78, 5) is 41.0. The Kier molecular flexibility index (Phi) is 6.49. The topological polar surface area (TPSA) is 94.1 Å². The molecule has 1 aromatic carbocycles. The minimum absolute atomic E-state index is 0.136. The highest BCUT2D eigenvalue weighted by Gasteiger charge is 2.66. The quantitative estimate of drug-likeness (QED) is 0.277. The van der Waals surface area contributed by atoms with Crippen molar-refractivity contribution in [2.45, 2.75) is 70.3 Å². The van der Waals surface area contributed by atoms with Crippen molar-refractivity contribution in [3.05, 3.63) is 58.2 Å². The molecule has 1 aromatic rings. The molecule has 38 heavy (non-hydrogen) atoms. The number of nitrogens with one attached hydrogen (secondary N) is 1. The molecule has 1 saturated heterocycles. The fourth-order valence-electron chi connectivity index (χ4n) is 8.05. The molecule has 0 radical (unpaired) electrons. The van der Waals surface area contributed by atoms with Crippen LogP contribution in [0.2, 0.25) is 0 Å². The molecular weight excluding hydrogens is 500 g/mol. The molecule has 1 amide bonds. The van der Waals surface area contributed by atoms with Gasteiger partial charge in [0.2, 0.25) is 0 Å². The average molecular weight is 535 g/mol. The molecule has 5 aliphatic rings. The molecule has 5 atom stereocenters. The smallest absolute Gasteiger partial charge is 0.407 e. The molecule has 1 spiro atoms. The van der Waals surface area contributed by atoms with Gasteiger partial charge in [-0.25, -0.2) is 9.59 Å². The van der Waals surface area contributed by atoms with Crippen LogP contribution in [-0.2, 0) is 14.4 Å². The Labute approximate surface area is 227 Å². The first-order chi connectivity index (χ1) is 18.3. The lowest BCUT2D eigenvalue weighted by Crippen LogP contribution is -2.53. The van der Waals surface area contributed by atoms with Gasteiger partial charge in [0.05, 0.1) is 12.8 Å². The zero-order valence-corrected chi connectivity index (χ0v) is 22.8. The zero-order valence-electron chi connectivity index (χ0n) is 22.0. The number of ether oxygens (including phenoxy) is 1. The summed E-state index contributed by atoms with van der Waals surface area (Å²) in [5.74, 6) is 1.95. The van der Waals surface area contributed by atoms with Gasteiger partial charge in [0.15, 0.2) is 5.78 Å². The number of rotatable bonds is 4. The minimum Gasteiger partial charge on any atom is -0.440 e. The number of fused-ring (bicyclic) bond motifs is 5. The summed E-state index contributed by atoms with van der Waals surface area (Å²) in [6, 6.07) is 8.32. The number of carbonyl (C=O) groups is 3. The Bertz CT molecular complexity index is 1270. The van der Waals surface area contributed by atoms with E-state index in [0.717, 1.165) is 55.9 Å². The number of hydrogen-bond acceptors (Lipinski definition) is 7. The molecule has 1 heterocycles. The SMILES string of the molecule is CCSC(=O)O/N=C/c1ccc([C@H]2C[C@@]3(C)[C@@H](CC[C@@]34CNC(=O)O4)[C@@H]3CCC4=CC(=O)CCC4=C32)cc1. The van der Waals surface area contributed by atoms with Crippen LogP contribution in [0, 0.1) is 17.3 Å². The number of ketones is 1. The largest absolute Gasteiger partial charge is 0.440 e. The van der Waals surface area contributed by atoms with Gasteiger partial charge in [-0.15, -0.1) is 0 Å². The van der Waals surface area contributed by atoms with E-state index in [2.05, 4.69) is 29.5 Å². The van der Waals surface area contributed by atoms with E-state index in [0.29, 0.717) is 30.6 Å². The summed E-state index contributed by atoms with van der Waals surface area (Å²) in [5.41, 5.74) is 5.64. The van der Waals surface area contributed by atoms with Gasteiger partial charge in [-0.1, -0.05) is 48.8 Å². The van der Waals surface area contributed by atoms with Crippen molar-refractivity contribution in [2.24, 2.45) is 22.4 Å². The lowest BCUT2D eigenvalue weighted by molar-refractivity contribution is -0.114. The Hall–Kier alpha value is -2.87. The van der Waals surface area contributed by atoms with Crippen LogP contribution in [0.25, 0.3) is 0 Å². The molecule has 6 rings (SSSR count). The van der Waals surface area contributed by atoms with Gasteiger partial charge in [0.1, 0.15) is 5.60 Å². The summed E-state index contributed by atoms with van der Waals surface area (Å²) >= 11 is 1.08. The van der Waals surface area contributed by atoms with Gasteiger partial charge in [-0.05, 0) is 90.5 Å². The Morgan fingerprint density at radius 3 is 2.76 bits per heavy atom. The van der Waals surface area contributed by atoms with E-state index in [9.17, 15) is 14.4 Å². The summed E-state index contributed by atoms with van der Waals surface area (Å²) in [6.07, 6.45) is 9.41. The van der Waals surface area contributed by atoms with Crippen molar-refractivity contribution in [1.82, 2.24) is 5.32 Å². The van der Waals surface area contributed by atoms with Crippen molar-refractivity contribution in [1.29, 1.82) is 0 Å². The van der Waals surface area contributed by atoms with Crippen molar-refractivity contribution < 1.29 is 24.0 Å². The number of alkyl carbamates (subject to hydrolysis) is 1. The van der Waals surface area contributed by atoms with Crippen molar-refractivity contribution >= 4 is 35.2 Å². The number of allylic oxidation sites excluding steroid dienone is 4. The molecule has 4 aliphatic carbocycles. The highest BCUT2D eigenvalue weighted by molar-refractivity contribution is 8.13. The van der Waals surface area contributed by atoms with E-state index >= 15 is 0 Å². The van der Waals surface area contributed by atoms with Gasteiger partial charge in [-0.2, -0.15) is 0 Å².